The molecule has 1 unspecified atom stereocenters. The molecule has 0 aliphatic carbocycles. The topological polar surface area (TPSA) is 64.8 Å². The zero-order valence-electron chi connectivity index (χ0n) is 10.6. The predicted molar refractivity (Wildman–Crippen MR) is 68.8 cm³/mol. The van der Waals surface area contributed by atoms with Gasteiger partial charge < -0.3 is 20.1 Å². The minimum Gasteiger partial charge on any atom is -0.391 e. The molecule has 5 nitrogen and oxygen atoms in total. The fourth-order valence-corrected chi connectivity index (χ4v) is 1.56. The highest BCUT2D eigenvalue weighted by molar-refractivity contribution is 7.80. The van der Waals surface area contributed by atoms with Crippen LogP contribution in [-0.2, 0) is 14.3 Å². The van der Waals surface area contributed by atoms with Crippen LogP contribution in [0.4, 0.5) is 0 Å². The minimum atomic E-state index is -0.336. The van der Waals surface area contributed by atoms with E-state index in [1.165, 1.54) is 0 Å². The smallest absolute Gasteiger partial charge is 0.248 e. The Hall–Kier alpha value is -0.720. The van der Waals surface area contributed by atoms with Gasteiger partial charge in [0, 0.05) is 6.54 Å². The summed E-state index contributed by atoms with van der Waals surface area (Å²) < 4.78 is 10.8. The first kappa shape index (κ1) is 14.3. The van der Waals surface area contributed by atoms with Crippen molar-refractivity contribution in [2.75, 3.05) is 26.3 Å². The van der Waals surface area contributed by atoms with Gasteiger partial charge >= 0.3 is 0 Å². The lowest BCUT2D eigenvalue weighted by atomic mass is 10.2. The van der Waals surface area contributed by atoms with Crippen molar-refractivity contribution in [1.29, 1.82) is 0 Å². The van der Waals surface area contributed by atoms with Crippen LogP contribution >= 0.6 is 12.2 Å². The summed E-state index contributed by atoms with van der Waals surface area (Å²) in [5.41, 5.74) is 5.20. The Morgan fingerprint density at radius 1 is 1.59 bits per heavy atom. The van der Waals surface area contributed by atoms with Crippen molar-refractivity contribution in [2.45, 2.75) is 32.5 Å². The maximum Gasteiger partial charge on any atom is 0.248 e. The third-order valence-electron chi connectivity index (χ3n) is 2.37. The molecule has 1 aliphatic heterocycles. The number of carbonyl (C=O) groups is 1. The van der Waals surface area contributed by atoms with Gasteiger partial charge in [0.05, 0.1) is 18.8 Å². The molecule has 0 spiro atoms. The molecule has 1 aliphatic rings. The van der Waals surface area contributed by atoms with Crippen molar-refractivity contribution < 1.29 is 14.3 Å². The molecular weight excluding hydrogens is 240 g/mol. The Morgan fingerprint density at radius 2 is 2.24 bits per heavy atom. The Balaban J connectivity index is 2.44. The van der Waals surface area contributed by atoms with Crippen molar-refractivity contribution in [1.82, 2.24) is 4.90 Å². The van der Waals surface area contributed by atoms with E-state index in [0.717, 1.165) is 0 Å². The van der Waals surface area contributed by atoms with Gasteiger partial charge in [-0.25, -0.2) is 0 Å². The highest BCUT2D eigenvalue weighted by Gasteiger charge is 2.26. The number of hydrogen-bond donors (Lipinski definition) is 1. The Labute approximate surface area is 107 Å². The molecule has 0 radical (unpaired) electrons. The normalized spacial score (nSPS) is 21.4. The second kappa shape index (κ2) is 5.75. The summed E-state index contributed by atoms with van der Waals surface area (Å²) in [5.74, 6) is -0.0514. The van der Waals surface area contributed by atoms with Crippen LogP contribution in [0.25, 0.3) is 0 Å². The molecule has 1 heterocycles. The van der Waals surface area contributed by atoms with Gasteiger partial charge in [-0.15, -0.1) is 0 Å². The fraction of sp³-hybridized carbons (Fsp3) is 0.818. The predicted octanol–water partition coefficient (Wildman–Crippen LogP) is 0.315. The van der Waals surface area contributed by atoms with E-state index in [1.807, 2.05) is 20.8 Å². The molecule has 0 saturated carbocycles. The van der Waals surface area contributed by atoms with Gasteiger partial charge in [0.25, 0.3) is 0 Å². The first-order valence-corrected chi connectivity index (χ1v) is 6.03. The highest BCUT2D eigenvalue weighted by Crippen LogP contribution is 2.09. The van der Waals surface area contributed by atoms with Gasteiger partial charge in [0.15, 0.2) is 0 Å². The number of carbonyl (C=O) groups excluding carboxylic acids is 1. The van der Waals surface area contributed by atoms with Gasteiger partial charge in [-0.3, -0.25) is 4.79 Å². The van der Waals surface area contributed by atoms with Crippen molar-refractivity contribution in [3.63, 3.8) is 0 Å². The Kier molecular flexibility index (Phi) is 4.85. The van der Waals surface area contributed by atoms with Crippen LogP contribution in [0.5, 0.6) is 0 Å². The van der Waals surface area contributed by atoms with Crippen LogP contribution in [0, 0.1) is 0 Å². The molecule has 1 rings (SSSR count). The summed E-state index contributed by atoms with van der Waals surface area (Å²) >= 11 is 4.86. The zero-order valence-corrected chi connectivity index (χ0v) is 11.4. The number of nitrogens with zero attached hydrogens (tertiary/aromatic N) is 1. The third kappa shape index (κ3) is 4.97. The molecule has 1 saturated heterocycles. The van der Waals surface area contributed by atoms with Crippen LogP contribution < -0.4 is 5.73 Å². The van der Waals surface area contributed by atoms with E-state index in [1.54, 1.807) is 4.90 Å². The van der Waals surface area contributed by atoms with Gasteiger partial charge in [0.2, 0.25) is 5.91 Å². The quantitative estimate of drug-likeness (QED) is 0.740. The molecule has 1 amide bonds. The average molecular weight is 260 g/mol. The lowest BCUT2D eigenvalue weighted by Crippen LogP contribution is -2.51. The third-order valence-corrected chi connectivity index (χ3v) is 2.63. The molecule has 0 bridgehead atoms. The first-order chi connectivity index (χ1) is 7.79. The van der Waals surface area contributed by atoms with Crippen LogP contribution in [-0.4, -0.2) is 53.8 Å². The lowest BCUT2D eigenvalue weighted by molar-refractivity contribution is -0.146. The Morgan fingerprint density at radius 3 is 2.76 bits per heavy atom. The lowest BCUT2D eigenvalue weighted by Gasteiger charge is -2.33. The SMILES string of the molecule is CC(C)(C)OCC(=O)N1CCOC(C(N)=S)C1. The van der Waals surface area contributed by atoms with Crippen molar-refractivity contribution >= 4 is 23.1 Å². The number of nitrogens with two attached hydrogens (primary N) is 1. The molecule has 0 aromatic carbocycles. The monoisotopic (exact) mass is 260 g/mol. The molecule has 0 aromatic rings. The maximum atomic E-state index is 11.9. The van der Waals surface area contributed by atoms with E-state index in [9.17, 15) is 4.79 Å². The average Bonchev–Trinajstić information content (AvgIpc) is 2.25. The van der Waals surface area contributed by atoms with Crippen LogP contribution in [0.2, 0.25) is 0 Å². The fourth-order valence-electron chi connectivity index (χ4n) is 1.42. The number of morpholine rings is 1. The van der Waals surface area contributed by atoms with Crippen molar-refractivity contribution in [2.24, 2.45) is 5.73 Å². The van der Waals surface area contributed by atoms with E-state index < -0.39 is 0 Å². The van der Waals surface area contributed by atoms with E-state index >= 15 is 0 Å². The standard InChI is InChI=1S/C11H20N2O3S/c1-11(2,3)16-7-9(14)13-4-5-15-8(6-13)10(12)17/h8H,4-7H2,1-3H3,(H2,12,17). The summed E-state index contributed by atoms with van der Waals surface area (Å²) in [6.07, 6.45) is -0.336. The second-order valence-corrected chi connectivity index (χ2v) is 5.47. The molecule has 0 aromatic heterocycles. The van der Waals surface area contributed by atoms with Gasteiger partial charge in [0.1, 0.15) is 17.7 Å². The molecule has 98 valence electrons. The van der Waals surface area contributed by atoms with E-state index in [2.05, 4.69) is 0 Å². The van der Waals surface area contributed by atoms with Crippen molar-refractivity contribution in [3.8, 4) is 0 Å². The minimum absolute atomic E-state index is 0.0514. The van der Waals surface area contributed by atoms with Crippen LogP contribution in [0.15, 0.2) is 0 Å². The number of hydrogen-bond acceptors (Lipinski definition) is 4. The van der Waals surface area contributed by atoms with Gasteiger partial charge in [-0.2, -0.15) is 0 Å². The molecule has 1 atom stereocenters. The summed E-state index contributed by atoms with van der Waals surface area (Å²) in [6, 6.07) is 0. The van der Waals surface area contributed by atoms with Crippen molar-refractivity contribution in [3.05, 3.63) is 0 Å². The molecule has 6 heteroatoms. The van der Waals surface area contributed by atoms with Crippen LogP contribution in [0.3, 0.4) is 0 Å². The second-order valence-electron chi connectivity index (χ2n) is 5.00. The summed E-state index contributed by atoms with van der Waals surface area (Å²) in [7, 11) is 0. The number of rotatable bonds is 3. The van der Waals surface area contributed by atoms with Gasteiger partial charge in [-0.1, -0.05) is 12.2 Å². The van der Waals surface area contributed by atoms with Crippen LogP contribution in [0.1, 0.15) is 20.8 Å². The highest BCUT2D eigenvalue weighted by atomic mass is 32.1. The van der Waals surface area contributed by atoms with E-state index in [-0.39, 0.29) is 24.2 Å². The summed E-state index contributed by atoms with van der Waals surface area (Å²) in [6.45, 7) is 7.26. The summed E-state index contributed by atoms with van der Waals surface area (Å²) in [5, 5.41) is 0. The number of thiocarbonyl (C=S) groups is 1. The largest absolute Gasteiger partial charge is 0.391 e. The van der Waals surface area contributed by atoms with E-state index in [0.29, 0.717) is 24.7 Å². The zero-order chi connectivity index (χ0) is 13.1. The first-order valence-electron chi connectivity index (χ1n) is 5.62. The maximum absolute atomic E-state index is 11.9. The molecule has 2 N–H and O–H groups in total. The van der Waals surface area contributed by atoms with Gasteiger partial charge in [-0.05, 0) is 20.8 Å². The number of amides is 1. The molecule has 1 fully saturated rings. The molecule has 17 heavy (non-hydrogen) atoms. The Bertz CT molecular complexity index is 302. The number of ether oxygens (including phenoxy) is 2. The summed E-state index contributed by atoms with van der Waals surface area (Å²) in [4.78, 5) is 13.8. The molecular formula is C11H20N2O3S. The van der Waals surface area contributed by atoms with E-state index in [4.69, 9.17) is 27.4 Å².